The van der Waals surface area contributed by atoms with Crippen molar-refractivity contribution in [3.05, 3.63) is 0 Å². The molecule has 1 amide bonds. The number of alkyl carbamates (subject to hydrolysis) is 1. The molecule has 7 heteroatoms. The lowest BCUT2D eigenvalue weighted by Crippen LogP contribution is -2.48. The highest BCUT2D eigenvalue weighted by Gasteiger charge is 2.39. The van der Waals surface area contributed by atoms with Crippen LogP contribution in [-0.2, 0) is 18.0 Å². The number of carbonyl (C=O) groups is 1. The van der Waals surface area contributed by atoms with Gasteiger partial charge in [0.2, 0.25) is 0 Å². The Balaban J connectivity index is 4.24. The molecule has 0 atom stereocenters. The standard InChI is InChI=1S/C11H25NO5Si/c1-5-14-11(13)12-9-10-18(15-6-2,16-7-3)17-8-4/h5-10H2,1-4H3,(H,12,13). The van der Waals surface area contributed by atoms with E-state index in [0.717, 1.165) is 0 Å². The van der Waals surface area contributed by atoms with E-state index in [0.29, 0.717) is 39.0 Å². The minimum Gasteiger partial charge on any atom is -0.450 e. The maximum absolute atomic E-state index is 11.2. The summed E-state index contributed by atoms with van der Waals surface area (Å²) in [5.74, 6) is 0. The van der Waals surface area contributed by atoms with Crippen molar-refractivity contribution in [2.75, 3.05) is 33.0 Å². The monoisotopic (exact) mass is 279 g/mol. The van der Waals surface area contributed by atoms with Crippen LogP contribution in [0.15, 0.2) is 0 Å². The Labute approximate surface area is 110 Å². The zero-order valence-corrected chi connectivity index (χ0v) is 12.8. The van der Waals surface area contributed by atoms with Crippen LogP contribution in [0, 0.1) is 0 Å². The van der Waals surface area contributed by atoms with Gasteiger partial charge in [-0.25, -0.2) is 4.79 Å². The summed E-state index contributed by atoms with van der Waals surface area (Å²) in [7, 11) is -2.66. The molecular formula is C11H25NO5Si. The van der Waals surface area contributed by atoms with Gasteiger partial charge in [0.15, 0.2) is 0 Å². The first kappa shape index (κ1) is 17.4. The van der Waals surface area contributed by atoms with Crippen LogP contribution in [0.1, 0.15) is 27.7 Å². The van der Waals surface area contributed by atoms with Gasteiger partial charge >= 0.3 is 14.9 Å². The van der Waals surface area contributed by atoms with E-state index >= 15 is 0 Å². The summed E-state index contributed by atoms with van der Waals surface area (Å²) >= 11 is 0. The van der Waals surface area contributed by atoms with E-state index in [1.807, 2.05) is 20.8 Å². The molecule has 0 fully saturated rings. The highest BCUT2D eigenvalue weighted by atomic mass is 28.4. The Morgan fingerprint density at radius 2 is 1.44 bits per heavy atom. The van der Waals surface area contributed by atoms with Gasteiger partial charge in [0.1, 0.15) is 0 Å². The van der Waals surface area contributed by atoms with Gasteiger partial charge in [-0.3, -0.25) is 0 Å². The number of hydrogen-bond donors (Lipinski definition) is 1. The number of rotatable bonds is 10. The third-order valence-electron chi connectivity index (χ3n) is 2.07. The summed E-state index contributed by atoms with van der Waals surface area (Å²) in [6.07, 6.45) is -0.426. The van der Waals surface area contributed by atoms with Gasteiger partial charge in [-0.2, -0.15) is 0 Å². The van der Waals surface area contributed by atoms with Gasteiger partial charge in [0.25, 0.3) is 0 Å². The van der Waals surface area contributed by atoms with Gasteiger partial charge in [0, 0.05) is 32.4 Å². The largest absolute Gasteiger partial charge is 0.502 e. The molecule has 0 aliphatic rings. The highest BCUT2D eigenvalue weighted by Crippen LogP contribution is 2.15. The Bertz CT molecular complexity index is 210. The Kier molecular flexibility index (Phi) is 9.94. The van der Waals surface area contributed by atoms with Crippen LogP contribution in [0.5, 0.6) is 0 Å². The molecule has 0 aliphatic carbocycles. The lowest BCUT2D eigenvalue weighted by Gasteiger charge is -2.28. The second-order valence-electron chi connectivity index (χ2n) is 3.38. The zero-order valence-electron chi connectivity index (χ0n) is 11.8. The molecule has 6 nitrogen and oxygen atoms in total. The fourth-order valence-corrected chi connectivity index (χ4v) is 3.93. The smallest absolute Gasteiger partial charge is 0.450 e. The second-order valence-corrected chi connectivity index (χ2v) is 6.11. The van der Waals surface area contributed by atoms with Crippen molar-refractivity contribution in [2.24, 2.45) is 0 Å². The van der Waals surface area contributed by atoms with E-state index in [9.17, 15) is 4.79 Å². The average molecular weight is 279 g/mol. The fourth-order valence-electron chi connectivity index (χ4n) is 1.50. The molecule has 108 valence electrons. The van der Waals surface area contributed by atoms with Gasteiger partial charge in [-0.15, -0.1) is 0 Å². The number of hydrogen-bond acceptors (Lipinski definition) is 5. The zero-order chi connectivity index (χ0) is 13.9. The molecular weight excluding hydrogens is 254 g/mol. The molecule has 0 aromatic rings. The molecule has 0 aromatic heterocycles. The van der Waals surface area contributed by atoms with Crippen molar-refractivity contribution < 1.29 is 22.8 Å². The van der Waals surface area contributed by atoms with Crippen LogP contribution in [-0.4, -0.2) is 47.9 Å². The summed E-state index contributed by atoms with van der Waals surface area (Å²) in [6, 6.07) is 0.543. The van der Waals surface area contributed by atoms with E-state index < -0.39 is 14.9 Å². The van der Waals surface area contributed by atoms with Crippen LogP contribution in [0.4, 0.5) is 4.79 Å². The number of ether oxygens (including phenoxy) is 1. The molecule has 0 unspecified atom stereocenters. The molecule has 0 bridgehead atoms. The van der Waals surface area contributed by atoms with Crippen molar-refractivity contribution in [1.29, 1.82) is 0 Å². The molecule has 0 aromatic carbocycles. The van der Waals surface area contributed by atoms with Crippen LogP contribution in [0.2, 0.25) is 6.04 Å². The quantitative estimate of drug-likeness (QED) is 0.617. The predicted octanol–water partition coefficient (Wildman–Crippen LogP) is 1.78. The van der Waals surface area contributed by atoms with Crippen LogP contribution >= 0.6 is 0 Å². The maximum atomic E-state index is 11.2. The van der Waals surface area contributed by atoms with Crippen LogP contribution in [0.3, 0.4) is 0 Å². The second kappa shape index (κ2) is 10.3. The topological polar surface area (TPSA) is 66.0 Å². The molecule has 0 saturated carbocycles. The van der Waals surface area contributed by atoms with E-state index in [-0.39, 0.29) is 0 Å². The van der Waals surface area contributed by atoms with Crippen molar-refractivity contribution in [2.45, 2.75) is 33.7 Å². The molecule has 1 N–H and O–H groups in total. The minimum absolute atomic E-state index is 0.358. The third kappa shape index (κ3) is 6.95. The van der Waals surface area contributed by atoms with Gasteiger partial charge in [-0.1, -0.05) is 0 Å². The molecule has 0 spiro atoms. The Morgan fingerprint density at radius 1 is 0.944 bits per heavy atom. The minimum atomic E-state index is -2.66. The summed E-state index contributed by atoms with van der Waals surface area (Å²) < 4.78 is 21.7. The molecule has 0 rings (SSSR count). The summed E-state index contributed by atoms with van der Waals surface area (Å²) in [5, 5.41) is 2.65. The number of amides is 1. The summed E-state index contributed by atoms with van der Waals surface area (Å²) in [4.78, 5) is 11.2. The van der Waals surface area contributed by atoms with E-state index in [2.05, 4.69) is 5.32 Å². The SMILES string of the molecule is CCOC(=O)NCC[Si](OCC)(OCC)OCC. The lowest BCUT2D eigenvalue weighted by molar-refractivity contribution is 0.0713. The Morgan fingerprint density at radius 3 is 1.83 bits per heavy atom. The first-order valence-electron chi connectivity index (χ1n) is 6.46. The average Bonchev–Trinajstić information content (AvgIpc) is 2.30. The van der Waals surface area contributed by atoms with E-state index in [1.54, 1.807) is 6.92 Å². The van der Waals surface area contributed by atoms with Crippen molar-refractivity contribution >= 4 is 14.9 Å². The van der Waals surface area contributed by atoms with Crippen molar-refractivity contribution in [3.8, 4) is 0 Å². The Hall–Kier alpha value is -0.633. The fraction of sp³-hybridized carbons (Fsp3) is 0.909. The first-order valence-corrected chi connectivity index (χ1v) is 8.39. The summed E-state index contributed by atoms with van der Waals surface area (Å²) in [5.41, 5.74) is 0. The third-order valence-corrected chi connectivity index (χ3v) is 5.12. The molecule has 0 radical (unpaired) electrons. The normalized spacial score (nSPS) is 11.3. The summed E-state index contributed by atoms with van der Waals surface area (Å²) in [6.45, 7) is 9.85. The molecule has 0 heterocycles. The van der Waals surface area contributed by atoms with Gasteiger partial charge in [0.05, 0.1) is 6.61 Å². The van der Waals surface area contributed by atoms with Crippen LogP contribution in [0.25, 0.3) is 0 Å². The van der Waals surface area contributed by atoms with Crippen molar-refractivity contribution in [1.82, 2.24) is 5.32 Å². The molecule has 18 heavy (non-hydrogen) atoms. The maximum Gasteiger partial charge on any atom is 0.502 e. The molecule has 0 aliphatic heterocycles. The van der Waals surface area contributed by atoms with Crippen molar-refractivity contribution in [3.63, 3.8) is 0 Å². The lowest BCUT2D eigenvalue weighted by atomic mass is 10.7. The predicted molar refractivity (Wildman–Crippen MR) is 70.5 cm³/mol. The first-order chi connectivity index (χ1) is 8.64. The van der Waals surface area contributed by atoms with Crippen LogP contribution < -0.4 is 5.32 Å². The molecule has 0 saturated heterocycles. The van der Waals surface area contributed by atoms with Gasteiger partial charge < -0.3 is 23.3 Å². The highest BCUT2D eigenvalue weighted by molar-refractivity contribution is 6.60. The number of nitrogens with one attached hydrogen (secondary N) is 1. The van der Waals surface area contributed by atoms with E-state index in [4.69, 9.17) is 18.0 Å². The van der Waals surface area contributed by atoms with E-state index in [1.165, 1.54) is 0 Å². The number of carbonyl (C=O) groups excluding carboxylic acids is 1. The van der Waals surface area contributed by atoms with Gasteiger partial charge in [-0.05, 0) is 27.7 Å².